The van der Waals surface area contributed by atoms with Gasteiger partial charge in [0.2, 0.25) is 5.95 Å². The molecule has 9 heteroatoms. The van der Waals surface area contributed by atoms with Crippen LogP contribution < -0.4 is 15.1 Å². The molecule has 0 spiro atoms. The van der Waals surface area contributed by atoms with Gasteiger partial charge in [0.05, 0.1) is 0 Å². The van der Waals surface area contributed by atoms with Gasteiger partial charge in [-0.3, -0.25) is 4.79 Å². The molecule has 2 fully saturated rings. The van der Waals surface area contributed by atoms with Crippen LogP contribution in [0.3, 0.4) is 0 Å². The van der Waals surface area contributed by atoms with Crippen LogP contribution in [-0.4, -0.2) is 64.9 Å². The van der Waals surface area contributed by atoms with Crippen LogP contribution in [0.4, 0.5) is 11.8 Å². The monoisotopic (exact) mass is 559 g/mol. The fourth-order valence-corrected chi connectivity index (χ4v) is 6.39. The van der Waals surface area contributed by atoms with E-state index in [0.29, 0.717) is 17.6 Å². The summed E-state index contributed by atoms with van der Waals surface area (Å²) in [6.45, 7) is 3.39. The number of carbonyl (C=O) groups excluding carboxylic acids is 1. The summed E-state index contributed by atoms with van der Waals surface area (Å²) in [5.74, 6) is 1.19. The molecular weight excluding hydrogens is 522 g/mol. The van der Waals surface area contributed by atoms with Gasteiger partial charge < -0.3 is 20.2 Å². The van der Waals surface area contributed by atoms with E-state index in [1.807, 2.05) is 36.4 Å². The van der Waals surface area contributed by atoms with E-state index in [0.717, 1.165) is 63.2 Å². The first-order valence-electron chi connectivity index (χ1n) is 14.2. The summed E-state index contributed by atoms with van der Waals surface area (Å²) in [5, 5.41) is 12.5. The number of benzene rings is 2. The minimum absolute atomic E-state index is 0.218. The van der Waals surface area contributed by atoms with Gasteiger partial charge in [-0.05, 0) is 49.1 Å². The highest BCUT2D eigenvalue weighted by Crippen LogP contribution is 2.30. The van der Waals surface area contributed by atoms with E-state index in [1.54, 1.807) is 6.07 Å². The molecule has 2 aliphatic heterocycles. The van der Waals surface area contributed by atoms with Gasteiger partial charge in [-0.25, -0.2) is 9.78 Å². The SMILES string of the molecule is O=C(NC(CSCc1ccccc1)C(=O)O)c1cc(N2CCCCC2)nc(N2CCC(c3ccccc3)CC2)n1. The average molecular weight is 560 g/mol. The summed E-state index contributed by atoms with van der Waals surface area (Å²) >= 11 is 1.49. The van der Waals surface area contributed by atoms with Gasteiger partial charge in [0.1, 0.15) is 17.6 Å². The van der Waals surface area contributed by atoms with Crippen molar-refractivity contribution in [2.45, 2.75) is 49.8 Å². The number of hydrogen-bond acceptors (Lipinski definition) is 7. The number of nitrogens with one attached hydrogen (secondary N) is 1. The molecule has 2 N–H and O–H groups in total. The summed E-state index contributed by atoms with van der Waals surface area (Å²) in [5.41, 5.74) is 2.69. The second kappa shape index (κ2) is 13.7. The van der Waals surface area contributed by atoms with Crippen molar-refractivity contribution in [2.75, 3.05) is 41.7 Å². The number of carboxylic acids is 1. The molecule has 40 heavy (non-hydrogen) atoms. The van der Waals surface area contributed by atoms with Crippen molar-refractivity contribution in [3.05, 3.63) is 83.6 Å². The number of piperidine rings is 2. The highest BCUT2D eigenvalue weighted by atomic mass is 32.2. The summed E-state index contributed by atoms with van der Waals surface area (Å²) in [6.07, 6.45) is 5.34. The molecule has 1 unspecified atom stereocenters. The van der Waals surface area contributed by atoms with Gasteiger partial charge >= 0.3 is 5.97 Å². The third-order valence-electron chi connectivity index (χ3n) is 7.66. The zero-order valence-electron chi connectivity index (χ0n) is 22.7. The Labute approximate surface area is 240 Å². The Bertz CT molecular complexity index is 1260. The predicted octanol–water partition coefficient (Wildman–Crippen LogP) is 4.97. The van der Waals surface area contributed by atoms with Crippen LogP contribution in [0, 0.1) is 0 Å². The quantitative estimate of drug-likeness (QED) is 0.359. The number of anilines is 2. The van der Waals surface area contributed by atoms with E-state index in [9.17, 15) is 14.7 Å². The first kappa shape index (κ1) is 28.0. The molecular formula is C31H37N5O3S. The van der Waals surface area contributed by atoms with E-state index < -0.39 is 17.9 Å². The summed E-state index contributed by atoms with van der Waals surface area (Å²) in [7, 11) is 0. The smallest absolute Gasteiger partial charge is 0.327 e. The van der Waals surface area contributed by atoms with Crippen LogP contribution in [0.1, 0.15) is 59.6 Å². The Kier molecular flexibility index (Phi) is 9.54. The second-order valence-corrected chi connectivity index (χ2v) is 11.5. The zero-order valence-corrected chi connectivity index (χ0v) is 23.6. The van der Waals surface area contributed by atoms with E-state index in [2.05, 4.69) is 44.4 Å². The highest BCUT2D eigenvalue weighted by Gasteiger charge is 2.27. The molecule has 2 aromatic carbocycles. The summed E-state index contributed by atoms with van der Waals surface area (Å²) in [6, 6.07) is 21.2. The molecule has 210 valence electrons. The Morgan fingerprint density at radius 1 is 0.900 bits per heavy atom. The van der Waals surface area contributed by atoms with Crippen molar-refractivity contribution in [2.24, 2.45) is 0 Å². The molecule has 0 bridgehead atoms. The molecule has 5 rings (SSSR count). The van der Waals surface area contributed by atoms with Gasteiger partial charge in [-0.2, -0.15) is 16.7 Å². The minimum atomic E-state index is -1.05. The molecule has 0 aliphatic carbocycles. The lowest BCUT2D eigenvalue weighted by atomic mass is 9.90. The van der Waals surface area contributed by atoms with Crippen LogP contribution in [0.25, 0.3) is 0 Å². The maximum Gasteiger partial charge on any atom is 0.327 e. The second-order valence-electron chi connectivity index (χ2n) is 10.5. The number of amides is 1. The minimum Gasteiger partial charge on any atom is -0.480 e. The van der Waals surface area contributed by atoms with Crippen LogP contribution in [0.2, 0.25) is 0 Å². The summed E-state index contributed by atoms with van der Waals surface area (Å²) in [4.78, 5) is 39.3. The number of thioether (sulfide) groups is 1. The van der Waals surface area contributed by atoms with Crippen LogP contribution in [0.15, 0.2) is 66.7 Å². The van der Waals surface area contributed by atoms with Crippen molar-refractivity contribution in [3.63, 3.8) is 0 Å². The van der Waals surface area contributed by atoms with Gasteiger partial charge in [0.25, 0.3) is 5.91 Å². The number of carbonyl (C=O) groups is 2. The number of rotatable bonds is 10. The van der Waals surface area contributed by atoms with Crippen molar-refractivity contribution >= 4 is 35.4 Å². The van der Waals surface area contributed by atoms with Crippen molar-refractivity contribution in [1.29, 1.82) is 0 Å². The molecule has 1 amide bonds. The maximum atomic E-state index is 13.4. The number of hydrogen-bond donors (Lipinski definition) is 2. The third-order valence-corrected chi connectivity index (χ3v) is 8.77. The van der Waals surface area contributed by atoms with Gasteiger partial charge in [-0.15, -0.1) is 0 Å². The Morgan fingerprint density at radius 2 is 1.57 bits per heavy atom. The van der Waals surface area contributed by atoms with Gasteiger partial charge in [0.15, 0.2) is 0 Å². The van der Waals surface area contributed by atoms with Gasteiger partial charge in [-0.1, -0.05) is 60.7 Å². The molecule has 3 heterocycles. The van der Waals surface area contributed by atoms with Crippen molar-refractivity contribution < 1.29 is 14.7 Å². The summed E-state index contributed by atoms with van der Waals surface area (Å²) < 4.78 is 0. The lowest BCUT2D eigenvalue weighted by Crippen LogP contribution is -2.43. The zero-order chi connectivity index (χ0) is 27.7. The molecule has 3 aromatic rings. The van der Waals surface area contributed by atoms with Gasteiger partial charge in [0, 0.05) is 43.8 Å². The molecule has 0 saturated carbocycles. The number of aromatic nitrogens is 2. The predicted molar refractivity (Wildman–Crippen MR) is 160 cm³/mol. The normalized spacial score (nSPS) is 16.9. The topological polar surface area (TPSA) is 98.7 Å². The van der Waals surface area contributed by atoms with E-state index in [-0.39, 0.29) is 11.4 Å². The first-order valence-corrected chi connectivity index (χ1v) is 15.3. The van der Waals surface area contributed by atoms with Crippen LogP contribution >= 0.6 is 11.8 Å². The van der Waals surface area contributed by atoms with E-state index in [1.165, 1.54) is 23.7 Å². The molecule has 1 atom stereocenters. The fourth-order valence-electron chi connectivity index (χ4n) is 5.38. The number of nitrogens with zero attached hydrogens (tertiary/aromatic N) is 4. The molecule has 1 aromatic heterocycles. The maximum absolute atomic E-state index is 13.4. The fraction of sp³-hybridized carbons (Fsp3) is 0.419. The van der Waals surface area contributed by atoms with Crippen molar-refractivity contribution in [3.8, 4) is 0 Å². The Morgan fingerprint density at radius 3 is 2.25 bits per heavy atom. The average Bonchev–Trinajstić information content (AvgIpc) is 3.01. The lowest BCUT2D eigenvalue weighted by molar-refractivity contribution is -0.138. The molecule has 2 saturated heterocycles. The number of aliphatic carboxylic acids is 1. The first-order chi connectivity index (χ1) is 19.6. The standard InChI is InChI=1S/C31H37N5O3S/c37-29(32-27(30(38)39)22-40-21-23-10-4-1-5-11-23)26-20-28(35-16-8-3-9-17-35)34-31(33-26)36-18-14-25(15-19-36)24-12-6-2-7-13-24/h1-2,4-7,10-13,20,25,27H,3,8-9,14-19,21-22H2,(H,32,37)(H,38,39). The lowest BCUT2D eigenvalue weighted by Gasteiger charge is -2.34. The van der Waals surface area contributed by atoms with Crippen LogP contribution in [0.5, 0.6) is 0 Å². The largest absolute Gasteiger partial charge is 0.480 e. The number of carboxylic acid groups (broad SMARTS) is 1. The Hall–Kier alpha value is -3.59. The van der Waals surface area contributed by atoms with Crippen molar-refractivity contribution in [1.82, 2.24) is 15.3 Å². The molecule has 0 radical (unpaired) electrons. The van der Waals surface area contributed by atoms with Crippen LogP contribution in [-0.2, 0) is 10.5 Å². The third kappa shape index (κ3) is 7.33. The highest BCUT2D eigenvalue weighted by molar-refractivity contribution is 7.98. The van der Waals surface area contributed by atoms with E-state index >= 15 is 0 Å². The molecule has 2 aliphatic rings. The van der Waals surface area contributed by atoms with E-state index in [4.69, 9.17) is 4.98 Å². The molecule has 8 nitrogen and oxygen atoms in total. The Balaban J connectivity index is 1.30.